The van der Waals surface area contributed by atoms with Gasteiger partial charge in [-0.25, -0.2) is 0 Å². The van der Waals surface area contributed by atoms with Crippen LogP contribution in [0.5, 0.6) is 0 Å². The second-order valence-electron chi connectivity index (χ2n) is 7.07. The molecule has 4 fully saturated rings. The SMILES string of the molecule is COC(=O)C12CCC(/C=C/CC3(C)OCCO3)(CC1)CC2. The summed E-state index contributed by atoms with van der Waals surface area (Å²) in [5, 5.41) is 0. The maximum atomic E-state index is 12.0. The summed E-state index contributed by atoms with van der Waals surface area (Å²) in [7, 11) is 1.51. The first kappa shape index (κ1) is 15.0. The van der Waals surface area contributed by atoms with Gasteiger partial charge in [-0.15, -0.1) is 0 Å². The molecule has 3 saturated carbocycles. The Kier molecular flexibility index (Phi) is 3.87. The fraction of sp³-hybridized carbons (Fsp3) is 0.824. The van der Waals surface area contributed by atoms with Gasteiger partial charge in [0, 0.05) is 6.42 Å². The lowest BCUT2D eigenvalue weighted by molar-refractivity contribution is -0.161. The van der Waals surface area contributed by atoms with E-state index in [2.05, 4.69) is 12.2 Å². The molecule has 1 aliphatic heterocycles. The largest absolute Gasteiger partial charge is 0.469 e. The van der Waals surface area contributed by atoms with Gasteiger partial charge >= 0.3 is 5.97 Å². The van der Waals surface area contributed by atoms with Crippen molar-refractivity contribution in [2.24, 2.45) is 10.8 Å². The highest BCUT2D eigenvalue weighted by Crippen LogP contribution is 2.58. The van der Waals surface area contributed by atoms with E-state index in [0.29, 0.717) is 13.2 Å². The molecule has 4 heteroatoms. The van der Waals surface area contributed by atoms with Gasteiger partial charge < -0.3 is 14.2 Å². The second kappa shape index (κ2) is 5.40. The Labute approximate surface area is 126 Å². The van der Waals surface area contributed by atoms with Gasteiger partial charge in [0.25, 0.3) is 0 Å². The quantitative estimate of drug-likeness (QED) is 0.590. The van der Waals surface area contributed by atoms with Gasteiger partial charge in [-0.2, -0.15) is 0 Å². The molecular formula is C17H26O4. The minimum Gasteiger partial charge on any atom is -0.469 e. The van der Waals surface area contributed by atoms with Gasteiger partial charge in [-0.05, 0) is 50.9 Å². The van der Waals surface area contributed by atoms with Gasteiger partial charge in [0.05, 0.1) is 25.7 Å². The minimum atomic E-state index is -0.438. The highest BCUT2D eigenvalue weighted by atomic mass is 16.7. The van der Waals surface area contributed by atoms with Crippen molar-refractivity contribution in [3.05, 3.63) is 12.2 Å². The first-order chi connectivity index (χ1) is 10.0. The first-order valence-electron chi connectivity index (χ1n) is 8.06. The summed E-state index contributed by atoms with van der Waals surface area (Å²) in [6.45, 7) is 3.39. The molecule has 1 heterocycles. The average Bonchev–Trinajstić information content (AvgIpc) is 2.95. The van der Waals surface area contributed by atoms with E-state index in [1.807, 2.05) is 6.92 Å². The Morgan fingerprint density at radius 1 is 1.10 bits per heavy atom. The van der Waals surface area contributed by atoms with Crippen LogP contribution in [0.25, 0.3) is 0 Å². The van der Waals surface area contributed by atoms with Gasteiger partial charge in [0.15, 0.2) is 5.79 Å². The maximum Gasteiger partial charge on any atom is 0.311 e. The third kappa shape index (κ3) is 2.76. The van der Waals surface area contributed by atoms with Gasteiger partial charge in [0.1, 0.15) is 0 Å². The Hall–Kier alpha value is -0.870. The predicted molar refractivity (Wildman–Crippen MR) is 78.7 cm³/mol. The zero-order valence-electron chi connectivity index (χ0n) is 13.2. The minimum absolute atomic E-state index is 0.0000429. The molecule has 1 saturated heterocycles. The molecule has 0 atom stereocenters. The van der Waals surface area contributed by atoms with E-state index in [1.54, 1.807) is 0 Å². The molecule has 2 bridgehead atoms. The van der Waals surface area contributed by atoms with Crippen molar-refractivity contribution in [1.82, 2.24) is 0 Å². The number of carbonyl (C=O) groups excluding carboxylic acids is 1. The van der Waals surface area contributed by atoms with E-state index >= 15 is 0 Å². The summed E-state index contributed by atoms with van der Waals surface area (Å²) in [5.41, 5.74) is 0.0960. The zero-order valence-corrected chi connectivity index (χ0v) is 13.2. The summed E-state index contributed by atoms with van der Waals surface area (Å²) in [6, 6.07) is 0. The lowest BCUT2D eigenvalue weighted by Crippen LogP contribution is -2.45. The normalized spacial score (nSPS) is 38.0. The molecule has 4 nitrogen and oxygen atoms in total. The van der Waals surface area contributed by atoms with Crippen LogP contribution in [0.3, 0.4) is 0 Å². The molecule has 4 rings (SSSR count). The van der Waals surface area contributed by atoms with Crippen LogP contribution in [-0.2, 0) is 19.0 Å². The molecule has 0 unspecified atom stereocenters. The maximum absolute atomic E-state index is 12.0. The van der Waals surface area contributed by atoms with E-state index in [-0.39, 0.29) is 16.8 Å². The summed E-state index contributed by atoms with van der Waals surface area (Å²) in [5.74, 6) is -0.438. The molecule has 4 aliphatic rings. The van der Waals surface area contributed by atoms with E-state index in [9.17, 15) is 4.79 Å². The molecule has 0 N–H and O–H groups in total. The van der Waals surface area contributed by atoms with Crippen LogP contribution in [0.15, 0.2) is 12.2 Å². The van der Waals surface area contributed by atoms with Gasteiger partial charge in [0.2, 0.25) is 0 Å². The number of methoxy groups -OCH3 is 1. The topological polar surface area (TPSA) is 44.8 Å². The number of allylic oxidation sites excluding steroid dienone is 1. The lowest BCUT2D eigenvalue weighted by atomic mass is 9.53. The standard InChI is InChI=1S/C17H26O4/c1-15(20-12-13-21-15)4-3-5-16-6-9-17(10-7-16,11-8-16)14(18)19-2/h3,5H,4,6-13H2,1-2H3/b5-3+. The van der Waals surface area contributed by atoms with Crippen molar-refractivity contribution >= 4 is 5.97 Å². The third-order valence-corrected chi connectivity index (χ3v) is 5.78. The van der Waals surface area contributed by atoms with Gasteiger partial charge in [-0.1, -0.05) is 12.2 Å². The van der Waals surface area contributed by atoms with Crippen LogP contribution in [-0.4, -0.2) is 32.1 Å². The number of esters is 1. The Morgan fingerprint density at radius 3 is 2.19 bits per heavy atom. The van der Waals surface area contributed by atoms with Gasteiger partial charge in [-0.3, -0.25) is 4.79 Å². The molecule has 118 valence electrons. The Morgan fingerprint density at radius 2 is 1.67 bits per heavy atom. The van der Waals surface area contributed by atoms with E-state index in [0.717, 1.165) is 44.9 Å². The molecule has 0 spiro atoms. The molecular weight excluding hydrogens is 268 g/mol. The fourth-order valence-corrected chi connectivity index (χ4v) is 4.19. The van der Waals surface area contributed by atoms with Crippen LogP contribution in [0.4, 0.5) is 0 Å². The zero-order chi connectivity index (χ0) is 15.0. The summed E-state index contributed by atoms with van der Waals surface area (Å²) in [4.78, 5) is 12.0. The molecule has 3 aliphatic carbocycles. The summed E-state index contributed by atoms with van der Waals surface area (Å²) < 4.78 is 16.3. The van der Waals surface area contributed by atoms with Crippen LogP contribution in [0.1, 0.15) is 51.9 Å². The molecule has 21 heavy (non-hydrogen) atoms. The summed E-state index contributed by atoms with van der Waals surface area (Å²) >= 11 is 0. The van der Waals surface area contributed by atoms with E-state index in [1.165, 1.54) is 7.11 Å². The molecule has 0 amide bonds. The lowest BCUT2D eigenvalue weighted by Gasteiger charge is -2.50. The van der Waals surface area contributed by atoms with Crippen molar-refractivity contribution in [3.8, 4) is 0 Å². The monoisotopic (exact) mass is 294 g/mol. The van der Waals surface area contributed by atoms with Crippen molar-refractivity contribution in [2.75, 3.05) is 20.3 Å². The van der Waals surface area contributed by atoms with Crippen LogP contribution >= 0.6 is 0 Å². The second-order valence-corrected chi connectivity index (χ2v) is 7.07. The molecule has 0 aromatic heterocycles. The highest BCUT2D eigenvalue weighted by Gasteiger charge is 2.52. The van der Waals surface area contributed by atoms with E-state index in [4.69, 9.17) is 14.2 Å². The number of rotatable bonds is 4. The molecule has 0 aromatic carbocycles. The van der Waals surface area contributed by atoms with Crippen LogP contribution in [0, 0.1) is 10.8 Å². The predicted octanol–water partition coefficient (Wildman–Crippen LogP) is 3.21. The van der Waals surface area contributed by atoms with Crippen molar-refractivity contribution in [2.45, 2.75) is 57.7 Å². The van der Waals surface area contributed by atoms with Crippen LogP contribution < -0.4 is 0 Å². The number of hydrogen-bond acceptors (Lipinski definition) is 4. The Balaban J connectivity index is 1.60. The highest BCUT2D eigenvalue weighted by molar-refractivity contribution is 5.77. The summed E-state index contributed by atoms with van der Waals surface area (Å²) in [6.07, 6.45) is 11.6. The average molecular weight is 294 g/mol. The van der Waals surface area contributed by atoms with Crippen molar-refractivity contribution in [1.29, 1.82) is 0 Å². The number of carbonyl (C=O) groups is 1. The van der Waals surface area contributed by atoms with Crippen LogP contribution in [0.2, 0.25) is 0 Å². The third-order valence-electron chi connectivity index (χ3n) is 5.78. The van der Waals surface area contributed by atoms with Crippen molar-refractivity contribution in [3.63, 3.8) is 0 Å². The molecule has 0 aromatic rings. The number of fused-ring (bicyclic) bond motifs is 3. The number of ether oxygens (including phenoxy) is 3. The van der Waals surface area contributed by atoms with Crippen molar-refractivity contribution < 1.29 is 19.0 Å². The van der Waals surface area contributed by atoms with E-state index < -0.39 is 5.79 Å². The molecule has 0 radical (unpaired) electrons. The fourth-order valence-electron chi connectivity index (χ4n) is 4.19. The number of hydrogen-bond donors (Lipinski definition) is 0. The smallest absolute Gasteiger partial charge is 0.311 e. The Bertz CT molecular complexity index is 410. The first-order valence-corrected chi connectivity index (χ1v) is 8.06.